The molecule has 0 atom stereocenters. The van der Waals surface area contributed by atoms with Crippen molar-refractivity contribution in [3.63, 3.8) is 0 Å². The van der Waals surface area contributed by atoms with Gasteiger partial charge in [-0.2, -0.15) is 0 Å². The molecular formula is C24H26N2O. The average molecular weight is 358 g/mol. The predicted molar refractivity (Wildman–Crippen MR) is 113 cm³/mol. The van der Waals surface area contributed by atoms with E-state index < -0.39 is 0 Å². The molecule has 4 aromatic rings. The Morgan fingerprint density at radius 2 is 1.74 bits per heavy atom. The molecule has 0 aliphatic rings. The topological polar surface area (TPSA) is 27.1 Å². The number of unbranched alkanes of at least 4 members (excludes halogenated alkanes) is 3. The first-order valence-corrected chi connectivity index (χ1v) is 9.83. The molecule has 0 bridgehead atoms. The monoisotopic (exact) mass is 358 g/mol. The quantitative estimate of drug-likeness (QED) is 0.355. The third-order valence-electron chi connectivity index (χ3n) is 5.27. The van der Waals surface area contributed by atoms with Crippen molar-refractivity contribution >= 4 is 21.8 Å². The summed E-state index contributed by atoms with van der Waals surface area (Å²) >= 11 is 0. The number of fused-ring (bicyclic) bond motifs is 3. The summed E-state index contributed by atoms with van der Waals surface area (Å²) in [5.74, 6) is 0.834. The molecule has 2 aromatic heterocycles. The van der Waals surface area contributed by atoms with Crippen LogP contribution in [0.5, 0.6) is 5.75 Å². The van der Waals surface area contributed by atoms with Gasteiger partial charge in [0.05, 0.1) is 12.8 Å². The fourth-order valence-electron chi connectivity index (χ4n) is 3.84. The standard InChI is InChI=1S/C24H26N2O/c1-3-4-5-8-15-26-23-10-7-6-9-20(23)21-12-11-18(16-24(21)26)22-17-19(27-2)13-14-25-22/h6-7,9-14,16-17H,3-5,8,15H2,1-2H3. The molecule has 0 amide bonds. The number of aryl methyl sites for hydroxylation is 1. The maximum Gasteiger partial charge on any atom is 0.122 e. The van der Waals surface area contributed by atoms with E-state index in [2.05, 4.69) is 58.9 Å². The zero-order valence-corrected chi connectivity index (χ0v) is 16.1. The molecule has 0 saturated heterocycles. The molecule has 2 aromatic carbocycles. The van der Waals surface area contributed by atoms with Crippen LogP contribution in [0.15, 0.2) is 60.8 Å². The summed E-state index contributed by atoms with van der Waals surface area (Å²) in [4.78, 5) is 4.55. The van der Waals surface area contributed by atoms with Gasteiger partial charge in [-0.3, -0.25) is 4.98 Å². The van der Waals surface area contributed by atoms with Crippen LogP contribution in [0.1, 0.15) is 32.6 Å². The smallest absolute Gasteiger partial charge is 0.122 e. The van der Waals surface area contributed by atoms with Gasteiger partial charge in [0.2, 0.25) is 0 Å². The third-order valence-corrected chi connectivity index (χ3v) is 5.27. The van der Waals surface area contributed by atoms with E-state index in [9.17, 15) is 0 Å². The highest BCUT2D eigenvalue weighted by Gasteiger charge is 2.12. The van der Waals surface area contributed by atoms with Gasteiger partial charge in [0.25, 0.3) is 0 Å². The van der Waals surface area contributed by atoms with Gasteiger partial charge in [-0.05, 0) is 24.6 Å². The number of para-hydroxylation sites is 1. The molecule has 0 N–H and O–H groups in total. The third kappa shape index (κ3) is 3.42. The van der Waals surface area contributed by atoms with Crippen LogP contribution < -0.4 is 4.74 Å². The summed E-state index contributed by atoms with van der Waals surface area (Å²) in [6, 6.07) is 19.3. The molecule has 4 rings (SSSR count). The Morgan fingerprint density at radius 1 is 0.889 bits per heavy atom. The Bertz CT molecular complexity index is 1060. The molecule has 27 heavy (non-hydrogen) atoms. The minimum absolute atomic E-state index is 0.834. The first-order valence-electron chi connectivity index (χ1n) is 9.83. The van der Waals surface area contributed by atoms with Gasteiger partial charge in [-0.25, -0.2) is 0 Å². The maximum atomic E-state index is 5.37. The van der Waals surface area contributed by atoms with Gasteiger partial charge < -0.3 is 9.30 Å². The number of ether oxygens (including phenoxy) is 1. The minimum Gasteiger partial charge on any atom is -0.497 e. The lowest BCUT2D eigenvalue weighted by molar-refractivity contribution is 0.414. The highest BCUT2D eigenvalue weighted by atomic mass is 16.5. The van der Waals surface area contributed by atoms with Crippen molar-refractivity contribution < 1.29 is 4.74 Å². The van der Waals surface area contributed by atoms with Crippen molar-refractivity contribution in [2.24, 2.45) is 0 Å². The largest absolute Gasteiger partial charge is 0.497 e. The molecule has 0 saturated carbocycles. The van der Waals surface area contributed by atoms with E-state index in [4.69, 9.17) is 4.74 Å². The van der Waals surface area contributed by atoms with Gasteiger partial charge in [0, 0.05) is 46.2 Å². The second-order valence-corrected chi connectivity index (χ2v) is 7.04. The van der Waals surface area contributed by atoms with Crippen LogP contribution in [-0.4, -0.2) is 16.7 Å². The van der Waals surface area contributed by atoms with Crippen molar-refractivity contribution in [1.29, 1.82) is 0 Å². The molecule has 0 radical (unpaired) electrons. The summed E-state index contributed by atoms with van der Waals surface area (Å²) < 4.78 is 7.84. The van der Waals surface area contributed by atoms with Crippen LogP contribution in [0.25, 0.3) is 33.1 Å². The second kappa shape index (κ2) is 7.83. The number of hydrogen-bond donors (Lipinski definition) is 0. The number of benzene rings is 2. The first-order chi connectivity index (χ1) is 13.3. The Hall–Kier alpha value is -2.81. The van der Waals surface area contributed by atoms with Gasteiger partial charge in [-0.15, -0.1) is 0 Å². The van der Waals surface area contributed by atoms with Crippen LogP contribution in [0.3, 0.4) is 0 Å². The molecule has 138 valence electrons. The highest BCUT2D eigenvalue weighted by molar-refractivity contribution is 6.08. The highest BCUT2D eigenvalue weighted by Crippen LogP contribution is 2.33. The summed E-state index contributed by atoms with van der Waals surface area (Å²) in [6.07, 6.45) is 6.86. The minimum atomic E-state index is 0.834. The number of methoxy groups -OCH3 is 1. The molecule has 0 fully saturated rings. The van der Waals surface area contributed by atoms with Gasteiger partial charge in [-0.1, -0.05) is 56.5 Å². The fraction of sp³-hybridized carbons (Fsp3) is 0.292. The lowest BCUT2D eigenvalue weighted by atomic mass is 10.1. The average Bonchev–Trinajstić information content (AvgIpc) is 3.04. The number of rotatable bonds is 7. The zero-order valence-electron chi connectivity index (χ0n) is 16.1. The molecule has 0 aliphatic carbocycles. The Kier molecular flexibility index (Phi) is 5.10. The number of hydrogen-bond acceptors (Lipinski definition) is 2. The zero-order chi connectivity index (χ0) is 18.6. The fourth-order valence-corrected chi connectivity index (χ4v) is 3.84. The van der Waals surface area contributed by atoms with E-state index in [1.807, 2.05) is 12.1 Å². The van der Waals surface area contributed by atoms with Crippen molar-refractivity contribution in [2.75, 3.05) is 7.11 Å². The van der Waals surface area contributed by atoms with Gasteiger partial charge in [0.15, 0.2) is 0 Å². The summed E-state index contributed by atoms with van der Waals surface area (Å²) in [6.45, 7) is 3.31. The number of aromatic nitrogens is 2. The van der Waals surface area contributed by atoms with E-state index in [1.54, 1.807) is 13.3 Å². The molecule has 2 heterocycles. The lowest BCUT2D eigenvalue weighted by Gasteiger charge is -2.09. The molecule has 0 unspecified atom stereocenters. The van der Waals surface area contributed by atoms with Crippen LogP contribution in [-0.2, 0) is 6.54 Å². The van der Waals surface area contributed by atoms with Crippen molar-refractivity contribution in [3.8, 4) is 17.0 Å². The Labute approximate surface area is 160 Å². The molecule has 0 spiro atoms. The van der Waals surface area contributed by atoms with Crippen molar-refractivity contribution in [1.82, 2.24) is 9.55 Å². The Morgan fingerprint density at radius 3 is 2.59 bits per heavy atom. The van der Waals surface area contributed by atoms with E-state index in [1.165, 1.54) is 47.5 Å². The molecular weight excluding hydrogens is 332 g/mol. The lowest BCUT2D eigenvalue weighted by Crippen LogP contribution is -1.98. The van der Waals surface area contributed by atoms with Crippen LogP contribution >= 0.6 is 0 Å². The maximum absolute atomic E-state index is 5.37. The summed E-state index contributed by atoms with van der Waals surface area (Å²) in [5, 5.41) is 2.64. The van der Waals surface area contributed by atoms with Crippen molar-refractivity contribution in [3.05, 3.63) is 60.8 Å². The van der Waals surface area contributed by atoms with Crippen LogP contribution in [0, 0.1) is 0 Å². The van der Waals surface area contributed by atoms with E-state index in [0.717, 1.165) is 23.6 Å². The second-order valence-electron chi connectivity index (χ2n) is 7.04. The SMILES string of the molecule is CCCCCCn1c2ccccc2c2ccc(-c3cc(OC)ccn3)cc21. The first kappa shape index (κ1) is 17.6. The van der Waals surface area contributed by atoms with E-state index in [0.29, 0.717) is 0 Å². The van der Waals surface area contributed by atoms with E-state index in [-0.39, 0.29) is 0 Å². The molecule has 3 heteroatoms. The predicted octanol–water partition coefficient (Wildman–Crippen LogP) is 6.45. The Balaban J connectivity index is 1.82. The molecule has 3 nitrogen and oxygen atoms in total. The molecule has 0 aliphatic heterocycles. The van der Waals surface area contributed by atoms with Crippen LogP contribution in [0.4, 0.5) is 0 Å². The normalized spacial score (nSPS) is 11.3. The summed E-state index contributed by atoms with van der Waals surface area (Å²) in [5.41, 5.74) is 4.67. The summed E-state index contributed by atoms with van der Waals surface area (Å²) in [7, 11) is 1.69. The van der Waals surface area contributed by atoms with Gasteiger partial charge >= 0.3 is 0 Å². The van der Waals surface area contributed by atoms with Crippen LogP contribution in [0.2, 0.25) is 0 Å². The van der Waals surface area contributed by atoms with E-state index >= 15 is 0 Å². The van der Waals surface area contributed by atoms with Crippen molar-refractivity contribution in [2.45, 2.75) is 39.2 Å². The van der Waals surface area contributed by atoms with Gasteiger partial charge in [0.1, 0.15) is 5.75 Å². The number of pyridine rings is 1. The number of nitrogens with zero attached hydrogens (tertiary/aromatic N) is 2.